The zero-order chi connectivity index (χ0) is 26.0. The Hall–Kier alpha value is -3.35. The van der Waals surface area contributed by atoms with Gasteiger partial charge in [-0.2, -0.15) is 0 Å². The lowest BCUT2D eigenvalue weighted by Crippen LogP contribution is -2.42. The summed E-state index contributed by atoms with van der Waals surface area (Å²) in [5.41, 5.74) is 2.93. The molecule has 4 rings (SSSR count). The van der Waals surface area contributed by atoms with E-state index < -0.39 is 53.1 Å². The molecule has 5 nitrogen and oxygen atoms in total. The molecule has 0 radical (unpaired) electrons. The van der Waals surface area contributed by atoms with Crippen molar-refractivity contribution in [3.05, 3.63) is 86.5 Å². The minimum absolute atomic E-state index is 0.0594. The number of carboxylic acids is 1. The van der Waals surface area contributed by atoms with Crippen LogP contribution in [0, 0.1) is 24.4 Å². The summed E-state index contributed by atoms with van der Waals surface area (Å²) >= 11 is 0. The number of nitrogens with two attached hydrogens (primary N) is 1. The fraction of sp³-hybridized carbons (Fsp3) is 0.192. The topological polar surface area (TPSA) is 89.6 Å². The standard InChI is InChI=1S/C26H23F3NO4P/c1-12-6-8-15-17(10-12)35(33,34-26(3,4)5)18-11-14(30)7-9-16(18)19(15)20-21(25(31)32)24(29)23(28)13(2)22(20)27/h6-11H,1,30H2,2-5H3,(H,31,32). The Morgan fingerprint density at radius 2 is 1.69 bits per heavy atom. The molecule has 1 heterocycles. The van der Waals surface area contributed by atoms with Crippen molar-refractivity contribution in [1.82, 2.24) is 0 Å². The Labute approximate surface area is 199 Å². The third kappa shape index (κ3) is 3.87. The average molecular weight is 501 g/mol. The summed E-state index contributed by atoms with van der Waals surface area (Å²) in [5, 5.41) is 10.6. The minimum Gasteiger partial charge on any atom is -0.478 e. The maximum absolute atomic E-state index is 15.6. The van der Waals surface area contributed by atoms with Crippen molar-refractivity contribution < 1.29 is 32.2 Å². The van der Waals surface area contributed by atoms with Crippen LogP contribution in [0.3, 0.4) is 0 Å². The number of rotatable bonds is 3. The van der Waals surface area contributed by atoms with E-state index in [0.717, 1.165) is 6.92 Å². The molecule has 0 spiro atoms. The third-order valence-corrected chi connectivity index (χ3v) is 8.48. The summed E-state index contributed by atoms with van der Waals surface area (Å²) in [5.74, 6) is -6.37. The summed E-state index contributed by atoms with van der Waals surface area (Å²) in [7, 11) is -3.89. The first-order chi connectivity index (χ1) is 16.2. The van der Waals surface area contributed by atoms with Crippen molar-refractivity contribution in [3.63, 3.8) is 0 Å². The first kappa shape index (κ1) is 24.8. The summed E-state index contributed by atoms with van der Waals surface area (Å²) < 4.78 is 65.6. The predicted molar refractivity (Wildman–Crippen MR) is 129 cm³/mol. The maximum atomic E-state index is 15.6. The van der Waals surface area contributed by atoms with E-state index in [-0.39, 0.29) is 32.7 Å². The maximum Gasteiger partial charge on any atom is 0.339 e. The Morgan fingerprint density at radius 1 is 1.03 bits per heavy atom. The highest BCUT2D eigenvalue weighted by molar-refractivity contribution is 7.74. The zero-order valence-corrected chi connectivity index (χ0v) is 20.4. The van der Waals surface area contributed by atoms with Crippen molar-refractivity contribution in [2.24, 2.45) is 0 Å². The molecule has 1 aliphatic heterocycles. The molecular weight excluding hydrogens is 478 g/mol. The lowest BCUT2D eigenvalue weighted by atomic mass is 9.89. The number of halogens is 3. The Kier molecular flexibility index (Phi) is 5.74. The van der Waals surface area contributed by atoms with E-state index in [4.69, 9.17) is 10.3 Å². The van der Waals surface area contributed by atoms with Crippen LogP contribution in [-0.2, 0) is 9.09 Å². The van der Waals surface area contributed by atoms with Crippen LogP contribution in [0.2, 0.25) is 0 Å². The number of carboxylic acid groups (broad SMARTS) is 1. The molecule has 35 heavy (non-hydrogen) atoms. The van der Waals surface area contributed by atoms with Gasteiger partial charge in [0, 0.05) is 27.7 Å². The van der Waals surface area contributed by atoms with E-state index in [2.05, 4.69) is 6.58 Å². The van der Waals surface area contributed by atoms with E-state index >= 15 is 4.39 Å². The lowest BCUT2D eigenvalue weighted by Gasteiger charge is -2.33. The first-order valence-electron chi connectivity index (χ1n) is 10.6. The van der Waals surface area contributed by atoms with Gasteiger partial charge in [0.1, 0.15) is 11.4 Å². The van der Waals surface area contributed by atoms with Gasteiger partial charge in [0.2, 0.25) is 0 Å². The van der Waals surface area contributed by atoms with Crippen molar-refractivity contribution in [2.75, 3.05) is 5.73 Å². The van der Waals surface area contributed by atoms with Crippen LogP contribution in [0.4, 0.5) is 18.9 Å². The van der Waals surface area contributed by atoms with Crippen LogP contribution in [0.1, 0.15) is 47.8 Å². The highest BCUT2D eigenvalue weighted by Gasteiger charge is 2.42. The van der Waals surface area contributed by atoms with Crippen molar-refractivity contribution in [2.45, 2.75) is 33.3 Å². The highest BCUT2D eigenvalue weighted by atomic mass is 31.2. The molecular formula is C26H23F3NO4P. The van der Waals surface area contributed by atoms with Crippen LogP contribution in [0.15, 0.2) is 36.4 Å². The van der Waals surface area contributed by atoms with Gasteiger partial charge in [-0.1, -0.05) is 24.8 Å². The predicted octanol–water partition coefficient (Wildman–Crippen LogP) is 3.71. The van der Waals surface area contributed by atoms with Crippen LogP contribution < -0.4 is 26.8 Å². The van der Waals surface area contributed by atoms with Gasteiger partial charge in [0.15, 0.2) is 11.6 Å². The van der Waals surface area contributed by atoms with E-state index in [1.807, 2.05) is 0 Å². The molecule has 0 saturated carbocycles. The quantitative estimate of drug-likeness (QED) is 0.325. The molecule has 0 aliphatic carbocycles. The van der Waals surface area contributed by atoms with Crippen LogP contribution in [0.5, 0.6) is 0 Å². The average Bonchev–Trinajstić information content (AvgIpc) is 2.75. The number of carbonyl (C=O) groups is 1. The minimum atomic E-state index is -3.89. The van der Waals surface area contributed by atoms with Gasteiger partial charge in [-0.25, -0.2) is 18.0 Å². The molecule has 1 atom stereocenters. The van der Waals surface area contributed by atoms with Gasteiger partial charge in [-0.3, -0.25) is 4.57 Å². The van der Waals surface area contributed by atoms with Crippen molar-refractivity contribution in [1.29, 1.82) is 0 Å². The normalized spacial score (nSPS) is 17.2. The zero-order valence-electron chi connectivity index (χ0n) is 19.5. The lowest BCUT2D eigenvalue weighted by molar-refractivity contribution is 0.0689. The summed E-state index contributed by atoms with van der Waals surface area (Å²) in [6.45, 7) is 10.0. The summed E-state index contributed by atoms with van der Waals surface area (Å²) in [4.78, 5) is 12.1. The van der Waals surface area contributed by atoms with E-state index in [9.17, 15) is 23.2 Å². The van der Waals surface area contributed by atoms with Gasteiger partial charge in [-0.15, -0.1) is 0 Å². The summed E-state index contributed by atoms with van der Waals surface area (Å²) in [6.07, 6.45) is 0. The molecule has 3 N–H and O–H groups in total. The van der Waals surface area contributed by atoms with E-state index in [1.54, 1.807) is 26.8 Å². The first-order valence-corrected chi connectivity index (χ1v) is 12.3. The number of fused-ring (bicyclic) bond motifs is 2. The van der Waals surface area contributed by atoms with Crippen molar-refractivity contribution in [3.8, 4) is 0 Å². The second-order valence-electron chi connectivity index (χ2n) is 9.38. The number of aromatic carboxylic acids is 1. The Bertz CT molecular complexity index is 1590. The number of hydrogen-bond donors (Lipinski definition) is 2. The van der Waals surface area contributed by atoms with Gasteiger partial charge < -0.3 is 15.4 Å². The van der Waals surface area contributed by atoms with Gasteiger partial charge in [-0.05, 0) is 61.9 Å². The number of anilines is 1. The van der Waals surface area contributed by atoms with E-state index in [1.165, 1.54) is 30.3 Å². The molecule has 0 aromatic heterocycles. The van der Waals surface area contributed by atoms with Crippen LogP contribution in [-0.4, -0.2) is 16.7 Å². The fourth-order valence-corrected chi connectivity index (χ4v) is 7.17. The molecule has 0 amide bonds. The number of benzene rings is 3. The van der Waals surface area contributed by atoms with Crippen LogP contribution in [0.25, 0.3) is 12.2 Å². The second-order valence-corrected chi connectivity index (χ2v) is 11.6. The van der Waals surface area contributed by atoms with Gasteiger partial charge in [0.25, 0.3) is 7.37 Å². The number of nitrogen functional groups attached to an aromatic ring is 1. The number of hydrogen-bond acceptors (Lipinski definition) is 4. The Balaban J connectivity index is 2.33. The molecule has 0 fully saturated rings. The molecule has 9 heteroatoms. The van der Waals surface area contributed by atoms with Crippen molar-refractivity contribution >= 4 is 41.8 Å². The van der Waals surface area contributed by atoms with Gasteiger partial charge >= 0.3 is 5.97 Å². The molecule has 3 aromatic rings. The molecule has 3 aromatic carbocycles. The smallest absolute Gasteiger partial charge is 0.339 e. The largest absolute Gasteiger partial charge is 0.478 e. The SMILES string of the molecule is C=c1ccc2c(c1)P(=O)(OC(C)(C)C)c1cc(N)ccc1C=2c1c(F)c(C)c(F)c(F)c1C(=O)O. The summed E-state index contributed by atoms with van der Waals surface area (Å²) in [6, 6.07) is 8.87. The monoisotopic (exact) mass is 501 g/mol. The molecule has 182 valence electrons. The fourth-order valence-electron chi connectivity index (χ4n) is 4.28. The second kappa shape index (κ2) is 8.11. The molecule has 0 saturated heterocycles. The molecule has 0 bridgehead atoms. The Morgan fingerprint density at radius 3 is 2.29 bits per heavy atom. The van der Waals surface area contributed by atoms with E-state index in [0.29, 0.717) is 5.22 Å². The third-order valence-electron chi connectivity index (χ3n) is 5.66. The van der Waals surface area contributed by atoms with Crippen LogP contribution >= 0.6 is 7.37 Å². The highest BCUT2D eigenvalue weighted by Crippen LogP contribution is 2.51. The van der Waals surface area contributed by atoms with Gasteiger partial charge in [0.05, 0.1) is 10.9 Å². The molecule has 1 aliphatic rings. The molecule has 1 unspecified atom stereocenters.